The summed E-state index contributed by atoms with van der Waals surface area (Å²) >= 11 is 0. The number of aryl methyl sites for hydroxylation is 1. The van der Waals surface area contributed by atoms with E-state index in [2.05, 4.69) is 4.98 Å². The second kappa shape index (κ2) is 3.40. The van der Waals surface area contributed by atoms with Gasteiger partial charge in [-0.15, -0.1) is 0 Å². The molecule has 1 heterocycles. The van der Waals surface area contributed by atoms with E-state index in [0.717, 1.165) is 6.20 Å². The minimum atomic E-state index is -1.26. The molecule has 0 unspecified atom stereocenters. The minimum Gasteiger partial charge on any atom is -0.871 e. The zero-order chi connectivity index (χ0) is 10.0. The summed E-state index contributed by atoms with van der Waals surface area (Å²) in [5, 5.41) is 28.6. The molecule has 0 saturated heterocycles. The molecule has 0 spiro atoms. The average Bonchev–Trinajstić information content (AvgIpc) is 2.09. The molecule has 0 radical (unpaired) electrons. The molecule has 70 valence electrons. The lowest BCUT2D eigenvalue weighted by Crippen LogP contribution is -2.09. The van der Waals surface area contributed by atoms with Gasteiger partial charge in [0.25, 0.3) is 0 Å². The Hall–Kier alpha value is -1.62. The van der Waals surface area contributed by atoms with E-state index >= 15 is 0 Å². The molecule has 5 nitrogen and oxygen atoms in total. The first-order chi connectivity index (χ1) is 6.07. The van der Waals surface area contributed by atoms with Crippen LogP contribution < -0.4 is 5.11 Å². The van der Waals surface area contributed by atoms with Crippen LogP contribution in [0.5, 0.6) is 5.75 Å². The summed E-state index contributed by atoms with van der Waals surface area (Å²) in [7, 11) is 0. The Morgan fingerprint density at radius 2 is 2.31 bits per heavy atom. The third-order valence-electron chi connectivity index (χ3n) is 1.70. The van der Waals surface area contributed by atoms with Gasteiger partial charge < -0.3 is 15.3 Å². The molecule has 0 amide bonds. The monoisotopic (exact) mass is 182 g/mol. The Labute approximate surface area is 74.3 Å². The number of carboxylic acids is 1. The molecule has 0 bridgehead atoms. The van der Waals surface area contributed by atoms with E-state index in [4.69, 9.17) is 10.2 Å². The third-order valence-corrected chi connectivity index (χ3v) is 1.70. The molecule has 1 rings (SSSR count). The van der Waals surface area contributed by atoms with Crippen molar-refractivity contribution in [3.05, 3.63) is 23.0 Å². The maximum atomic E-state index is 11.2. The fourth-order valence-corrected chi connectivity index (χ4v) is 0.980. The van der Waals surface area contributed by atoms with Gasteiger partial charge in [-0.2, -0.15) is 0 Å². The van der Waals surface area contributed by atoms with Gasteiger partial charge in [0.15, 0.2) is 0 Å². The quantitative estimate of drug-likeness (QED) is 0.652. The summed E-state index contributed by atoms with van der Waals surface area (Å²) in [6.45, 7) is 0.886. The van der Waals surface area contributed by atoms with Gasteiger partial charge in [-0.25, -0.2) is 4.79 Å². The highest BCUT2D eigenvalue weighted by Crippen LogP contribution is 2.20. The van der Waals surface area contributed by atoms with Crippen molar-refractivity contribution >= 4 is 5.97 Å². The van der Waals surface area contributed by atoms with Gasteiger partial charge in [0, 0.05) is 11.9 Å². The molecule has 2 N–H and O–H groups in total. The maximum absolute atomic E-state index is 11.2. The Kier molecular flexibility index (Phi) is 2.48. The van der Waals surface area contributed by atoms with Crippen molar-refractivity contribution < 1.29 is 20.1 Å². The van der Waals surface area contributed by atoms with Crippen LogP contribution in [0.4, 0.5) is 0 Å². The second-order valence-electron chi connectivity index (χ2n) is 2.53. The summed E-state index contributed by atoms with van der Waals surface area (Å²) in [6.07, 6.45) is 1.07. The summed E-state index contributed by atoms with van der Waals surface area (Å²) in [5.41, 5.74) is -0.160. The number of pyridine rings is 1. The lowest BCUT2D eigenvalue weighted by molar-refractivity contribution is -0.271. The Morgan fingerprint density at radius 1 is 1.69 bits per heavy atom. The molecule has 0 aliphatic heterocycles. The fraction of sp³-hybridized carbons (Fsp3) is 0.250. The summed E-state index contributed by atoms with van der Waals surface area (Å²) in [4.78, 5) is 14.2. The number of aromatic nitrogens is 1. The van der Waals surface area contributed by atoms with Crippen molar-refractivity contribution in [2.24, 2.45) is 0 Å². The van der Waals surface area contributed by atoms with E-state index in [1.165, 1.54) is 6.92 Å². The van der Waals surface area contributed by atoms with E-state index in [1.54, 1.807) is 0 Å². The van der Waals surface area contributed by atoms with Crippen LogP contribution in [0.3, 0.4) is 0 Å². The van der Waals surface area contributed by atoms with Crippen LogP contribution in [-0.2, 0) is 6.61 Å². The normalized spacial score (nSPS) is 10.0. The van der Waals surface area contributed by atoms with Crippen LogP contribution in [0.25, 0.3) is 0 Å². The molecule has 0 saturated carbocycles. The molecule has 1 aromatic rings. The van der Waals surface area contributed by atoms with Crippen molar-refractivity contribution in [2.75, 3.05) is 0 Å². The number of aliphatic hydroxyl groups excluding tert-OH is 1. The number of carbonyl (C=O) groups is 1. The zero-order valence-electron chi connectivity index (χ0n) is 6.94. The standard InChI is InChI=1S/C8H9NO4/c1-4-7(11)6(3-10)5(2-9-4)8(12)13/h2,10-11H,3H2,1H3,(H,12,13)/p-1. The van der Waals surface area contributed by atoms with Crippen molar-refractivity contribution in [1.82, 2.24) is 4.98 Å². The molecule has 0 aromatic carbocycles. The van der Waals surface area contributed by atoms with E-state index < -0.39 is 18.3 Å². The van der Waals surface area contributed by atoms with Gasteiger partial charge in [-0.05, 0) is 12.5 Å². The van der Waals surface area contributed by atoms with Crippen molar-refractivity contribution in [2.45, 2.75) is 13.5 Å². The number of aromatic carboxylic acids is 1. The summed E-state index contributed by atoms with van der Waals surface area (Å²) in [6, 6.07) is 0. The smallest absolute Gasteiger partial charge is 0.337 e. The average molecular weight is 182 g/mol. The topological polar surface area (TPSA) is 93.5 Å². The van der Waals surface area contributed by atoms with Crippen LogP contribution in [-0.4, -0.2) is 21.2 Å². The SMILES string of the molecule is Cc1ncc(C(=O)O)c(CO)c1[O-]. The first kappa shape index (κ1) is 9.47. The minimum absolute atomic E-state index is 0.111. The highest BCUT2D eigenvalue weighted by molar-refractivity contribution is 5.89. The molecular weight excluding hydrogens is 174 g/mol. The third kappa shape index (κ3) is 1.59. The van der Waals surface area contributed by atoms with Crippen molar-refractivity contribution in [3.63, 3.8) is 0 Å². The molecular formula is C8H8NO4-. The highest BCUT2D eigenvalue weighted by atomic mass is 16.4. The van der Waals surface area contributed by atoms with Gasteiger partial charge in [0.2, 0.25) is 0 Å². The predicted molar refractivity (Wildman–Crippen MR) is 41.3 cm³/mol. The van der Waals surface area contributed by atoms with Gasteiger partial charge >= 0.3 is 5.97 Å². The van der Waals surface area contributed by atoms with E-state index in [-0.39, 0.29) is 16.8 Å². The number of carboxylic acid groups (broad SMARTS) is 1. The van der Waals surface area contributed by atoms with E-state index in [1.807, 2.05) is 0 Å². The van der Waals surface area contributed by atoms with Gasteiger partial charge in [0.05, 0.1) is 12.2 Å². The number of aliphatic hydroxyl groups is 1. The molecule has 0 aliphatic carbocycles. The molecule has 0 atom stereocenters. The van der Waals surface area contributed by atoms with Gasteiger partial charge in [0.1, 0.15) is 0 Å². The lowest BCUT2D eigenvalue weighted by Gasteiger charge is -2.15. The van der Waals surface area contributed by atoms with Crippen molar-refractivity contribution in [3.8, 4) is 5.75 Å². The van der Waals surface area contributed by atoms with Gasteiger partial charge in [-0.3, -0.25) is 4.98 Å². The van der Waals surface area contributed by atoms with E-state index in [9.17, 15) is 9.90 Å². The van der Waals surface area contributed by atoms with Gasteiger partial charge in [-0.1, -0.05) is 5.75 Å². The van der Waals surface area contributed by atoms with E-state index in [0.29, 0.717) is 0 Å². The van der Waals surface area contributed by atoms with Crippen molar-refractivity contribution in [1.29, 1.82) is 0 Å². The number of hydrogen-bond acceptors (Lipinski definition) is 4. The number of nitrogens with zero attached hydrogens (tertiary/aromatic N) is 1. The van der Waals surface area contributed by atoms with Crippen LogP contribution in [0.15, 0.2) is 6.20 Å². The highest BCUT2D eigenvalue weighted by Gasteiger charge is 2.11. The molecule has 13 heavy (non-hydrogen) atoms. The molecule has 0 aliphatic rings. The maximum Gasteiger partial charge on any atom is 0.337 e. The number of hydrogen-bond donors (Lipinski definition) is 2. The fourth-order valence-electron chi connectivity index (χ4n) is 0.980. The zero-order valence-corrected chi connectivity index (χ0v) is 6.94. The molecule has 1 aromatic heterocycles. The second-order valence-corrected chi connectivity index (χ2v) is 2.53. The lowest BCUT2D eigenvalue weighted by atomic mass is 10.1. The molecule has 0 fully saturated rings. The van der Waals surface area contributed by atoms with Crippen LogP contribution >= 0.6 is 0 Å². The van der Waals surface area contributed by atoms with Crippen LogP contribution in [0, 0.1) is 6.92 Å². The number of rotatable bonds is 2. The Bertz CT molecular complexity index is 348. The summed E-state index contributed by atoms with van der Waals surface area (Å²) < 4.78 is 0. The largest absolute Gasteiger partial charge is 0.871 e. The first-order valence-corrected chi connectivity index (χ1v) is 3.57. The first-order valence-electron chi connectivity index (χ1n) is 3.57. The van der Waals surface area contributed by atoms with Crippen LogP contribution in [0.1, 0.15) is 21.6 Å². The Morgan fingerprint density at radius 3 is 2.77 bits per heavy atom. The molecule has 5 heteroatoms. The Balaban J connectivity index is 3.38. The summed E-state index contributed by atoms with van der Waals surface area (Å²) in [5.74, 6) is -1.77. The van der Waals surface area contributed by atoms with Crippen LogP contribution in [0.2, 0.25) is 0 Å². The predicted octanol–water partition coefficient (Wildman–Crippen LogP) is -0.346.